The number of ether oxygens (including phenoxy) is 4. The molecule has 13 heteroatoms. The molecule has 0 bridgehead atoms. The Kier molecular flexibility index (Phi) is 9.09. The average Bonchev–Trinajstić information content (AvgIpc) is 3.74. The van der Waals surface area contributed by atoms with Crippen molar-refractivity contribution in [2.45, 2.75) is 70.7 Å². The van der Waals surface area contributed by atoms with E-state index in [2.05, 4.69) is 28.4 Å². The van der Waals surface area contributed by atoms with Gasteiger partial charge in [0.1, 0.15) is 11.5 Å². The summed E-state index contributed by atoms with van der Waals surface area (Å²) in [5.41, 5.74) is 2.71. The highest BCUT2D eigenvalue weighted by Crippen LogP contribution is 2.35. The lowest BCUT2D eigenvalue weighted by Crippen LogP contribution is -2.42. The molecule has 6 rings (SSSR count). The van der Waals surface area contributed by atoms with Gasteiger partial charge in [0, 0.05) is 61.4 Å². The molecule has 0 saturated carbocycles. The third kappa shape index (κ3) is 6.49. The highest BCUT2D eigenvalue weighted by molar-refractivity contribution is 5.93. The summed E-state index contributed by atoms with van der Waals surface area (Å²) in [5, 5.41) is 13.6. The number of halogens is 1. The summed E-state index contributed by atoms with van der Waals surface area (Å²) in [7, 11) is 6.40. The second-order valence-electron chi connectivity index (χ2n) is 12.5. The topological polar surface area (TPSA) is 113 Å². The van der Waals surface area contributed by atoms with E-state index >= 15 is 4.39 Å². The van der Waals surface area contributed by atoms with E-state index < -0.39 is 5.82 Å². The third-order valence-corrected chi connectivity index (χ3v) is 9.08. The Morgan fingerprint density at radius 2 is 1.81 bits per heavy atom. The molecule has 0 amide bonds. The molecule has 5 aromatic rings. The van der Waals surface area contributed by atoms with Crippen molar-refractivity contribution in [3.63, 3.8) is 0 Å². The smallest absolute Gasteiger partial charge is 0.226 e. The summed E-state index contributed by atoms with van der Waals surface area (Å²) >= 11 is 0. The van der Waals surface area contributed by atoms with Crippen molar-refractivity contribution in [2.75, 3.05) is 45.2 Å². The van der Waals surface area contributed by atoms with E-state index in [1.165, 1.54) is 13.2 Å². The van der Waals surface area contributed by atoms with Gasteiger partial charge >= 0.3 is 0 Å². The van der Waals surface area contributed by atoms with Crippen LogP contribution in [0.25, 0.3) is 16.6 Å². The molecule has 47 heavy (non-hydrogen) atoms. The van der Waals surface area contributed by atoms with Crippen molar-refractivity contribution in [3.05, 3.63) is 59.9 Å². The molecule has 0 spiro atoms. The van der Waals surface area contributed by atoms with Crippen molar-refractivity contribution in [2.24, 2.45) is 0 Å². The van der Waals surface area contributed by atoms with Gasteiger partial charge in [-0.15, -0.1) is 5.10 Å². The second kappa shape index (κ2) is 13.2. The molecule has 2 atom stereocenters. The van der Waals surface area contributed by atoms with Crippen LogP contribution in [0.5, 0.6) is 17.2 Å². The first kappa shape index (κ1) is 32.3. The number of nitrogens with one attached hydrogen (secondary N) is 1. The Bertz CT molecular complexity index is 1870. The standard InChI is InChI=1S/C34H43FN8O4/c1-8-23-11-9-22(18-42(23)24-17-37-41(19-24)20-34(2,3)47-7)31-39-32-26-14-27(35)30(46-6)15-28(26)38-33(43(32)40-31)36-16-21-10-12-25(44-4)13-29(21)45-5/h10,12-15,17,19,22-23H,8-9,11,16,18,20H2,1-7H3,(H,36,38). The lowest BCUT2D eigenvalue weighted by Gasteiger charge is -2.39. The molecule has 250 valence electrons. The number of benzene rings is 2. The molecule has 12 nitrogen and oxygen atoms in total. The van der Waals surface area contributed by atoms with Gasteiger partial charge in [-0.25, -0.2) is 14.4 Å². The number of nitrogens with zero attached hydrogens (tertiary/aromatic N) is 7. The molecule has 0 aliphatic carbocycles. The Morgan fingerprint density at radius 1 is 1.00 bits per heavy atom. The number of aromatic nitrogens is 6. The van der Waals surface area contributed by atoms with Crippen LogP contribution in [-0.4, -0.2) is 76.0 Å². The monoisotopic (exact) mass is 646 g/mol. The first-order chi connectivity index (χ1) is 22.7. The van der Waals surface area contributed by atoms with Crippen LogP contribution in [0.1, 0.15) is 57.3 Å². The fourth-order valence-electron chi connectivity index (χ4n) is 6.26. The van der Waals surface area contributed by atoms with Crippen molar-refractivity contribution in [3.8, 4) is 17.2 Å². The van der Waals surface area contributed by atoms with Crippen LogP contribution in [0.3, 0.4) is 0 Å². The van der Waals surface area contributed by atoms with E-state index in [1.807, 2.05) is 42.9 Å². The van der Waals surface area contributed by atoms with Crippen LogP contribution in [0.4, 0.5) is 16.0 Å². The van der Waals surface area contributed by atoms with Crippen molar-refractivity contribution in [1.82, 2.24) is 29.4 Å². The number of anilines is 2. The summed E-state index contributed by atoms with van der Waals surface area (Å²) in [6, 6.07) is 9.04. The van der Waals surface area contributed by atoms with E-state index in [4.69, 9.17) is 34.0 Å². The third-order valence-electron chi connectivity index (χ3n) is 9.08. The van der Waals surface area contributed by atoms with Crippen LogP contribution in [0.2, 0.25) is 0 Å². The fourth-order valence-corrected chi connectivity index (χ4v) is 6.26. The van der Waals surface area contributed by atoms with Crippen molar-refractivity contribution < 1.29 is 23.3 Å². The van der Waals surface area contributed by atoms with Gasteiger partial charge in [-0.3, -0.25) is 4.68 Å². The van der Waals surface area contributed by atoms with Gasteiger partial charge in [0.25, 0.3) is 0 Å². The highest BCUT2D eigenvalue weighted by atomic mass is 19.1. The summed E-state index contributed by atoms with van der Waals surface area (Å²) in [6.45, 7) is 8.08. The number of hydrogen-bond donors (Lipinski definition) is 1. The van der Waals surface area contributed by atoms with E-state index in [-0.39, 0.29) is 17.3 Å². The molecule has 1 N–H and O–H groups in total. The van der Waals surface area contributed by atoms with Crippen LogP contribution in [-0.2, 0) is 17.8 Å². The zero-order valence-electron chi connectivity index (χ0n) is 28.1. The summed E-state index contributed by atoms with van der Waals surface area (Å²) in [5.74, 6) is 2.21. The van der Waals surface area contributed by atoms with E-state index in [9.17, 15) is 0 Å². The van der Waals surface area contributed by atoms with Crippen LogP contribution < -0.4 is 24.4 Å². The van der Waals surface area contributed by atoms with E-state index in [0.29, 0.717) is 59.0 Å². The van der Waals surface area contributed by atoms with E-state index in [0.717, 1.165) is 37.1 Å². The molecule has 1 aliphatic heterocycles. The maximum Gasteiger partial charge on any atom is 0.226 e. The average molecular weight is 647 g/mol. The maximum atomic E-state index is 15.0. The van der Waals surface area contributed by atoms with Gasteiger partial charge in [0.2, 0.25) is 5.95 Å². The molecule has 1 fully saturated rings. The maximum absolute atomic E-state index is 15.0. The number of methoxy groups -OCH3 is 4. The number of rotatable bonds is 12. The number of piperidine rings is 1. The summed E-state index contributed by atoms with van der Waals surface area (Å²) < 4.78 is 40.5. The Morgan fingerprint density at radius 3 is 2.53 bits per heavy atom. The Balaban J connectivity index is 1.36. The van der Waals surface area contributed by atoms with Crippen molar-refractivity contribution >= 4 is 28.2 Å². The highest BCUT2D eigenvalue weighted by Gasteiger charge is 2.32. The zero-order chi connectivity index (χ0) is 33.3. The molecule has 2 unspecified atom stereocenters. The molecular weight excluding hydrogens is 603 g/mol. The lowest BCUT2D eigenvalue weighted by atomic mass is 9.90. The van der Waals surface area contributed by atoms with Gasteiger partial charge in [0.05, 0.1) is 50.9 Å². The predicted octanol–water partition coefficient (Wildman–Crippen LogP) is 5.84. The van der Waals surface area contributed by atoms with Gasteiger partial charge in [-0.2, -0.15) is 9.61 Å². The van der Waals surface area contributed by atoms with Crippen LogP contribution in [0, 0.1) is 5.82 Å². The van der Waals surface area contributed by atoms with Gasteiger partial charge in [-0.05, 0) is 51.3 Å². The SMILES string of the molecule is CCC1CCC(c2nc3c4cc(F)c(OC)cc4nc(NCc4ccc(OC)cc4OC)n3n2)CN1c1cnn(CC(C)(C)OC)c1. The molecule has 4 heterocycles. The minimum Gasteiger partial charge on any atom is -0.497 e. The summed E-state index contributed by atoms with van der Waals surface area (Å²) in [6.07, 6.45) is 6.94. The molecular formula is C34H43FN8O4. The van der Waals surface area contributed by atoms with Crippen LogP contribution >= 0.6 is 0 Å². The lowest BCUT2D eigenvalue weighted by molar-refractivity contribution is 0.00542. The normalized spacial score (nSPS) is 17.0. The molecule has 2 aromatic carbocycles. The number of fused-ring (bicyclic) bond motifs is 3. The molecule has 3 aromatic heterocycles. The molecule has 1 saturated heterocycles. The predicted molar refractivity (Wildman–Crippen MR) is 178 cm³/mol. The minimum atomic E-state index is -0.486. The first-order valence-corrected chi connectivity index (χ1v) is 15.9. The first-order valence-electron chi connectivity index (χ1n) is 15.9. The number of hydrogen-bond acceptors (Lipinski definition) is 10. The van der Waals surface area contributed by atoms with Crippen LogP contribution in [0.15, 0.2) is 42.7 Å². The van der Waals surface area contributed by atoms with Gasteiger partial charge < -0.3 is 29.2 Å². The fraction of sp³-hybridized carbons (Fsp3) is 0.471. The van der Waals surface area contributed by atoms with Gasteiger partial charge in [-0.1, -0.05) is 6.92 Å². The largest absolute Gasteiger partial charge is 0.497 e. The second-order valence-corrected chi connectivity index (χ2v) is 12.5. The molecule has 1 aliphatic rings. The zero-order valence-corrected chi connectivity index (χ0v) is 28.1. The molecule has 0 radical (unpaired) electrons. The Labute approximate surface area is 273 Å². The van der Waals surface area contributed by atoms with Gasteiger partial charge in [0.15, 0.2) is 23.0 Å². The minimum absolute atomic E-state index is 0.0455. The quantitative estimate of drug-likeness (QED) is 0.177. The van der Waals surface area contributed by atoms with Crippen molar-refractivity contribution in [1.29, 1.82) is 0 Å². The Hall–Kier alpha value is -4.65. The summed E-state index contributed by atoms with van der Waals surface area (Å²) in [4.78, 5) is 12.3. The van der Waals surface area contributed by atoms with E-state index in [1.54, 1.807) is 31.9 Å².